The molecular weight excluding hydrogens is 280 g/mol. The highest BCUT2D eigenvalue weighted by molar-refractivity contribution is 5.79. The molecule has 0 radical (unpaired) electrons. The third-order valence-electron chi connectivity index (χ3n) is 4.33. The summed E-state index contributed by atoms with van der Waals surface area (Å²) in [5.74, 6) is 1.02. The molecule has 6 heteroatoms. The monoisotopic (exact) mass is 308 g/mol. The number of unbranched alkanes of at least 4 members (excludes halogenated alkanes) is 1. The average molecular weight is 308 g/mol. The predicted molar refractivity (Wildman–Crippen MR) is 85.8 cm³/mol. The number of carbonyl (C=O) groups excluding carboxylic acids is 1. The summed E-state index contributed by atoms with van der Waals surface area (Å²) in [7, 11) is 1.89. The predicted octanol–water partition coefficient (Wildman–Crippen LogP) is 1.32. The number of amides is 1. The average Bonchev–Trinajstić information content (AvgIpc) is 2.97. The minimum atomic E-state index is -0.188. The molecule has 2 rings (SSSR count). The number of nitrogens with zero attached hydrogens (tertiary/aromatic N) is 4. The molecule has 0 saturated carbocycles. The zero-order chi connectivity index (χ0) is 15.9. The van der Waals surface area contributed by atoms with E-state index in [1.807, 2.05) is 36.6 Å². The number of hydrogen-bond donors (Lipinski definition) is 0. The number of hydrogen-bond acceptors (Lipinski definition) is 4. The van der Waals surface area contributed by atoms with Crippen LogP contribution in [0.15, 0.2) is 12.4 Å². The molecule has 0 aliphatic carbocycles. The first-order chi connectivity index (χ1) is 10.6. The van der Waals surface area contributed by atoms with Gasteiger partial charge in [-0.2, -0.15) is 0 Å². The summed E-state index contributed by atoms with van der Waals surface area (Å²) >= 11 is 0. The van der Waals surface area contributed by atoms with Gasteiger partial charge in [-0.25, -0.2) is 4.98 Å². The topological polar surface area (TPSA) is 50.6 Å². The first kappa shape index (κ1) is 17.0. The molecule has 1 aromatic rings. The smallest absolute Gasteiger partial charge is 0.245 e. The second kappa shape index (κ2) is 8.29. The molecule has 0 N–H and O–H groups in total. The van der Waals surface area contributed by atoms with Crippen molar-refractivity contribution in [2.45, 2.75) is 32.7 Å². The summed E-state index contributed by atoms with van der Waals surface area (Å²) < 4.78 is 7.27. The Morgan fingerprint density at radius 1 is 1.41 bits per heavy atom. The molecule has 1 fully saturated rings. The van der Waals surface area contributed by atoms with Crippen LogP contribution in [0.4, 0.5) is 0 Å². The summed E-state index contributed by atoms with van der Waals surface area (Å²) in [4.78, 5) is 20.9. The maximum absolute atomic E-state index is 12.4. The second-order valence-electron chi connectivity index (χ2n) is 5.98. The molecule has 1 aliphatic rings. The Morgan fingerprint density at radius 2 is 2.14 bits per heavy atom. The maximum atomic E-state index is 12.4. The zero-order valence-electron chi connectivity index (χ0n) is 14.0. The summed E-state index contributed by atoms with van der Waals surface area (Å²) in [5.41, 5.74) is 0. The first-order valence-corrected chi connectivity index (χ1v) is 8.14. The summed E-state index contributed by atoms with van der Waals surface area (Å²) in [6.07, 6.45) is 5.76. The van der Waals surface area contributed by atoms with E-state index in [0.717, 1.165) is 58.1 Å². The van der Waals surface area contributed by atoms with E-state index < -0.39 is 0 Å². The van der Waals surface area contributed by atoms with Gasteiger partial charge in [0.25, 0.3) is 0 Å². The third-order valence-corrected chi connectivity index (χ3v) is 4.33. The lowest BCUT2D eigenvalue weighted by Gasteiger charge is -2.27. The molecule has 2 heterocycles. The van der Waals surface area contributed by atoms with Gasteiger partial charge in [-0.1, -0.05) is 0 Å². The number of aryl methyl sites for hydroxylation is 1. The Labute approximate surface area is 133 Å². The number of aromatic nitrogens is 2. The van der Waals surface area contributed by atoms with Gasteiger partial charge in [-0.15, -0.1) is 0 Å². The highest BCUT2D eigenvalue weighted by Gasteiger charge is 2.19. The highest BCUT2D eigenvalue weighted by Crippen LogP contribution is 2.12. The minimum absolute atomic E-state index is 0.146. The van der Waals surface area contributed by atoms with Crippen LogP contribution in [0.25, 0.3) is 0 Å². The van der Waals surface area contributed by atoms with Gasteiger partial charge in [0, 0.05) is 39.1 Å². The van der Waals surface area contributed by atoms with Crippen LogP contribution in [0.3, 0.4) is 0 Å². The van der Waals surface area contributed by atoms with Gasteiger partial charge < -0.3 is 14.2 Å². The molecule has 0 aromatic carbocycles. The molecule has 1 aromatic heterocycles. The maximum Gasteiger partial charge on any atom is 0.245 e. The van der Waals surface area contributed by atoms with Gasteiger partial charge in [0.05, 0.1) is 13.2 Å². The quantitative estimate of drug-likeness (QED) is 0.713. The number of imidazole rings is 1. The summed E-state index contributed by atoms with van der Waals surface area (Å²) in [5, 5.41) is 0. The van der Waals surface area contributed by atoms with Gasteiger partial charge in [0.15, 0.2) is 0 Å². The van der Waals surface area contributed by atoms with E-state index in [1.165, 1.54) is 0 Å². The number of morpholine rings is 1. The van der Waals surface area contributed by atoms with Crippen LogP contribution >= 0.6 is 0 Å². The molecule has 1 amide bonds. The molecule has 1 atom stereocenters. The zero-order valence-corrected chi connectivity index (χ0v) is 14.0. The molecule has 22 heavy (non-hydrogen) atoms. The van der Waals surface area contributed by atoms with Crippen LogP contribution < -0.4 is 0 Å². The van der Waals surface area contributed by atoms with Crippen molar-refractivity contribution in [3.05, 3.63) is 18.2 Å². The molecule has 0 spiro atoms. The molecule has 0 bridgehead atoms. The fourth-order valence-electron chi connectivity index (χ4n) is 2.85. The van der Waals surface area contributed by atoms with Crippen molar-refractivity contribution in [3.63, 3.8) is 0 Å². The van der Waals surface area contributed by atoms with Crippen molar-refractivity contribution in [1.82, 2.24) is 19.4 Å². The SMILES string of the molecule is Cc1nccn1C(C)C(=O)N(C)CCCCN1CCOCC1. The molecule has 1 aliphatic heterocycles. The van der Waals surface area contributed by atoms with Gasteiger partial charge in [-0.05, 0) is 33.2 Å². The van der Waals surface area contributed by atoms with Crippen LogP contribution in [-0.2, 0) is 9.53 Å². The second-order valence-corrected chi connectivity index (χ2v) is 5.98. The van der Waals surface area contributed by atoms with E-state index in [0.29, 0.717) is 0 Å². The highest BCUT2D eigenvalue weighted by atomic mass is 16.5. The number of carbonyl (C=O) groups is 1. The van der Waals surface area contributed by atoms with Crippen LogP contribution in [0.1, 0.15) is 31.6 Å². The van der Waals surface area contributed by atoms with Gasteiger partial charge in [0.1, 0.15) is 11.9 Å². The van der Waals surface area contributed by atoms with Crippen LogP contribution in [0.5, 0.6) is 0 Å². The van der Waals surface area contributed by atoms with Gasteiger partial charge in [-0.3, -0.25) is 9.69 Å². The minimum Gasteiger partial charge on any atom is -0.379 e. The van der Waals surface area contributed by atoms with E-state index >= 15 is 0 Å². The van der Waals surface area contributed by atoms with E-state index in [1.54, 1.807) is 6.20 Å². The molecule has 6 nitrogen and oxygen atoms in total. The van der Waals surface area contributed by atoms with Crippen molar-refractivity contribution in [3.8, 4) is 0 Å². The Hall–Kier alpha value is -1.40. The van der Waals surface area contributed by atoms with Crippen LogP contribution in [0, 0.1) is 6.92 Å². The van der Waals surface area contributed by atoms with Crippen molar-refractivity contribution < 1.29 is 9.53 Å². The Balaban J connectivity index is 1.69. The van der Waals surface area contributed by atoms with Crippen molar-refractivity contribution in [2.75, 3.05) is 46.4 Å². The van der Waals surface area contributed by atoms with E-state index in [4.69, 9.17) is 4.74 Å². The molecule has 124 valence electrons. The van der Waals surface area contributed by atoms with E-state index in [9.17, 15) is 4.79 Å². The lowest BCUT2D eigenvalue weighted by Crippen LogP contribution is -2.37. The standard InChI is InChI=1S/C16H28N4O2/c1-14(20-9-6-17-15(20)2)16(21)18(3)7-4-5-8-19-10-12-22-13-11-19/h6,9,14H,4-5,7-8,10-13H2,1-3H3. The largest absolute Gasteiger partial charge is 0.379 e. The van der Waals surface area contributed by atoms with Crippen LogP contribution in [-0.4, -0.2) is 71.7 Å². The Bertz CT molecular complexity index is 468. The van der Waals surface area contributed by atoms with Crippen molar-refractivity contribution >= 4 is 5.91 Å². The van der Waals surface area contributed by atoms with E-state index in [-0.39, 0.29) is 11.9 Å². The first-order valence-electron chi connectivity index (χ1n) is 8.14. The summed E-state index contributed by atoms with van der Waals surface area (Å²) in [6, 6.07) is -0.188. The third kappa shape index (κ3) is 4.55. The number of rotatable bonds is 7. The normalized spacial score (nSPS) is 17.4. The fourth-order valence-corrected chi connectivity index (χ4v) is 2.85. The lowest BCUT2D eigenvalue weighted by molar-refractivity contribution is -0.133. The number of likely N-dealkylation sites (N-methyl/N-ethyl adjacent to an activating group) is 1. The van der Waals surface area contributed by atoms with E-state index in [2.05, 4.69) is 9.88 Å². The molecule has 1 unspecified atom stereocenters. The Morgan fingerprint density at radius 3 is 2.77 bits per heavy atom. The number of ether oxygens (including phenoxy) is 1. The molecular formula is C16H28N4O2. The van der Waals surface area contributed by atoms with Crippen molar-refractivity contribution in [1.29, 1.82) is 0 Å². The fraction of sp³-hybridized carbons (Fsp3) is 0.750. The lowest BCUT2D eigenvalue weighted by atomic mass is 10.2. The Kier molecular flexibility index (Phi) is 6.39. The molecule has 1 saturated heterocycles. The van der Waals surface area contributed by atoms with Crippen LogP contribution in [0.2, 0.25) is 0 Å². The van der Waals surface area contributed by atoms with Gasteiger partial charge >= 0.3 is 0 Å². The summed E-state index contributed by atoms with van der Waals surface area (Å²) in [6.45, 7) is 9.52. The van der Waals surface area contributed by atoms with Gasteiger partial charge in [0.2, 0.25) is 5.91 Å². The van der Waals surface area contributed by atoms with Crippen molar-refractivity contribution in [2.24, 2.45) is 0 Å².